The predicted octanol–water partition coefficient (Wildman–Crippen LogP) is 2.50. The van der Waals surface area contributed by atoms with E-state index in [-0.39, 0.29) is 18.1 Å². The van der Waals surface area contributed by atoms with Crippen LogP contribution in [0.5, 0.6) is 5.75 Å². The van der Waals surface area contributed by atoms with Gasteiger partial charge in [0.2, 0.25) is 0 Å². The Kier molecular flexibility index (Phi) is 4.82. The first-order valence-electron chi connectivity index (χ1n) is 8.28. The highest BCUT2D eigenvalue weighted by atomic mass is 16.5. The van der Waals surface area contributed by atoms with E-state index in [4.69, 9.17) is 14.7 Å². The zero-order valence-corrected chi connectivity index (χ0v) is 13.4. The Morgan fingerprint density at radius 3 is 3.09 bits per heavy atom. The number of rotatable bonds is 3. The summed E-state index contributed by atoms with van der Waals surface area (Å²) in [6.07, 6.45) is 3.98. The van der Waals surface area contributed by atoms with Gasteiger partial charge in [-0.05, 0) is 38.0 Å². The Labute approximate surface area is 136 Å². The fourth-order valence-corrected chi connectivity index (χ4v) is 3.50. The first-order valence-corrected chi connectivity index (χ1v) is 8.28. The minimum Gasteiger partial charge on any atom is -0.481 e. The molecule has 23 heavy (non-hydrogen) atoms. The largest absolute Gasteiger partial charge is 0.481 e. The molecule has 0 N–H and O–H groups in total. The van der Waals surface area contributed by atoms with Gasteiger partial charge in [-0.25, -0.2) is 0 Å². The fraction of sp³-hybridized carbons (Fsp3) is 0.556. The van der Waals surface area contributed by atoms with Crippen LogP contribution in [0.4, 0.5) is 0 Å². The lowest BCUT2D eigenvalue weighted by molar-refractivity contribution is -0.155. The minimum absolute atomic E-state index is 0.00700. The number of hydrogen-bond acceptors (Lipinski definition) is 4. The lowest BCUT2D eigenvalue weighted by Crippen LogP contribution is -2.57. The topological polar surface area (TPSA) is 62.6 Å². The van der Waals surface area contributed by atoms with Gasteiger partial charge in [-0.1, -0.05) is 18.9 Å². The van der Waals surface area contributed by atoms with Gasteiger partial charge < -0.3 is 14.4 Å². The van der Waals surface area contributed by atoms with E-state index >= 15 is 0 Å². The molecular weight excluding hydrogens is 292 g/mol. The van der Waals surface area contributed by atoms with E-state index in [1.165, 1.54) is 6.42 Å². The van der Waals surface area contributed by atoms with E-state index in [0.29, 0.717) is 24.5 Å². The number of carbonyl (C=O) groups is 1. The van der Waals surface area contributed by atoms with Gasteiger partial charge >= 0.3 is 0 Å². The van der Waals surface area contributed by atoms with Crippen molar-refractivity contribution in [3.05, 3.63) is 29.8 Å². The quantitative estimate of drug-likeness (QED) is 0.860. The zero-order chi connectivity index (χ0) is 16.2. The number of amides is 1. The Hall–Kier alpha value is -2.06. The molecule has 1 aromatic carbocycles. The van der Waals surface area contributed by atoms with E-state index in [9.17, 15) is 4.79 Å². The fourth-order valence-electron chi connectivity index (χ4n) is 3.50. The average molecular weight is 314 g/mol. The maximum absolute atomic E-state index is 12.8. The summed E-state index contributed by atoms with van der Waals surface area (Å²) < 4.78 is 11.6. The summed E-state index contributed by atoms with van der Waals surface area (Å²) in [4.78, 5) is 14.7. The monoisotopic (exact) mass is 314 g/mol. The molecule has 122 valence electrons. The molecule has 0 unspecified atom stereocenters. The SMILES string of the molecule is C[C@H](Oc1cccc(C#N)c1)C(=O)N1CCO[C@H]2CCCC[C@H]21. The highest BCUT2D eigenvalue weighted by Gasteiger charge is 2.38. The van der Waals surface area contributed by atoms with Crippen LogP contribution in [-0.4, -0.2) is 42.2 Å². The van der Waals surface area contributed by atoms with Crippen molar-refractivity contribution in [2.75, 3.05) is 13.2 Å². The molecule has 2 fully saturated rings. The Balaban J connectivity index is 1.67. The molecule has 1 aromatic rings. The number of nitriles is 1. The molecule has 5 heteroatoms. The molecule has 3 rings (SSSR count). The smallest absolute Gasteiger partial charge is 0.263 e. The average Bonchev–Trinajstić information content (AvgIpc) is 2.60. The van der Waals surface area contributed by atoms with Crippen molar-refractivity contribution in [2.24, 2.45) is 0 Å². The van der Waals surface area contributed by atoms with E-state index in [0.717, 1.165) is 19.3 Å². The lowest BCUT2D eigenvalue weighted by atomic mass is 9.90. The highest BCUT2D eigenvalue weighted by Crippen LogP contribution is 2.29. The first-order chi connectivity index (χ1) is 11.2. The molecular formula is C18H22N2O3. The molecule has 1 aliphatic carbocycles. The van der Waals surface area contributed by atoms with Crippen LogP contribution in [0.1, 0.15) is 38.2 Å². The van der Waals surface area contributed by atoms with Crippen LogP contribution in [-0.2, 0) is 9.53 Å². The van der Waals surface area contributed by atoms with Crippen LogP contribution < -0.4 is 4.74 Å². The summed E-state index contributed by atoms with van der Waals surface area (Å²) in [6.45, 7) is 3.00. The molecule has 1 amide bonds. The third-order valence-electron chi connectivity index (χ3n) is 4.64. The second kappa shape index (κ2) is 7.01. The summed E-state index contributed by atoms with van der Waals surface area (Å²) in [5.41, 5.74) is 0.529. The van der Waals surface area contributed by atoms with E-state index < -0.39 is 6.10 Å². The molecule has 1 saturated carbocycles. The van der Waals surface area contributed by atoms with Gasteiger partial charge in [-0.2, -0.15) is 5.26 Å². The Morgan fingerprint density at radius 2 is 2.26 bits per heavy atom. The molecule has 1 aliphatic heterocycles. The van der Waals surface area contributed by atoms with Crippen molar-refractivity contribution >= 4 is 5.91 Å². The summed E-state index contributed by atoms with van der Waals surface area (Å²) in [7, 11) is 0. The number of hydrogen-bond donors (Lipinski definition) is 0. The predicted molar refractivity (Wildman–Crippen MR) is 85.0 cm³/mol. The minimum atomic E-state index is -0.565. The van der Waals surface area contributed by atoms with Crippen molar-refractivity contribution < 1.29 is 14.3 Å². The molecule has 0 aromatic heterocycles. The Bertz CT molecular complexity index is 609. The van der Waals surface area contributed by atoms with Gasteiger partial charge in [-0.15, -0.1) is 0 Å². The lowest BCUT2D eigenvalue weighted by Gasteiger charge is -2.44. The highest BCUT2D eigenvalue weighted by molar-refractivity contribution is 5.81. The maximum Gasteiger partial charge on any atom is 0.263 e. The van der Waals surface area contributed by atoms with Gasteiger partial charge in [0.1, 0.15) is 5.75 Å². The third-order valence-corrected chi connectivity index (χ3v) is 4.64. The molecule has 2 aliphatic rings. The van der Waals surface area contributed by atoms with E-state index in [1.54, 1.807) is 31.2 Å². The number of fused-ring (bicyclic) bond motifs is 1. The molecule has 0 bridgehead atoms. The number of benzene rings is 1. The van der Waals surface area contributed by atoms with E-state index in [2.05, 4.69) is 6.07 Å². The molecule has 1 saturated heterocycles. The van der Waals surface area contributed by atoms with E-state index in [1.807, 2.05) is 4.90 Å². The number of ether oxygens (including phenoxy) is 2. The van der Waals surface area contributed by atoms with Crippen LogP contribution in [0.25, 0.3) is 0 Å². The molecule has 0 radical (unpaired) electrons. The van der Waals surface area contributed by atoms with Gasteiger partial charge in [0.25, 0.3) is 5.91 Å². The standard InChI is InChI=1S/C18H22N2O3/c1-13(23-15-6-4-5-14(11-15)12-19)18(21)20-9-10-22-17-8-3-2-7-16(17)20/h4-6,11,13,16-17H,2-3,7-10H2,1H3/t13-,16+,17-/m0/s1. The summed E-state index contributed by atoms with van der Waals surface area (Å²) in [6, 6.07) is 9.17. The van der Waals surface area contributed by atoms with Crippen LogP contribution in [0.2, 0.25) is 0 Å². The molecule has 0 spiro atoms. The third kappa shape index (κ3) is 3.48. The van der Waals surface area contributed by atoms with Gasteiger partial charge in [0.15, 0.2) is 6.10 Å². The van der Waals surface area contributed by atoms with Crippen molar-refractivity contribution in [3.8, 4) is 11.8 Å². The number of nitrogens with zero attached hydrogens (tertiary/aromatic N) is 2. The normalized spacial score (nSPS) is 25.1. The summed E-state index contributed by atoms with van der Waals surface area (Å²) in [5, 5.41) is 8.94. The van der Waals surface area contributed by atoms with Gasteiger partial charge in [0, 0.05) is 6.54 Å². The second-order valence-corrected chi connectivity index (χ2v) is 6.19. The van der Waals surface area contributed by atoms with Crippen LogP contribution in [0.15, 0.2) is 24.3 Å². The Morgan fingerprint density at radius 1 is 1.43 bits per heavy atom. The number of morpholine rings is 1. The van der Waals surface area contributed by atoms with Crippen LogP contribution >= 0.6 is 0 Å². The summed E-state index contributed by atoms with van der Waals surface area (Å²) in [5.74, 6) is 0.561. The number of carbonyl (C=O) groups excluding carboxylic acids is 1. The van der Waals surface area contributed by atoms with Crippen molar-refractivity contribution in [3.63, 3.8) is 0 Å². The molecule has 5 nitrogen and oxygen atoms in total. The molecule has 3 atom stereocenters. The van der Waals surface area contributed by atoms with Gasteiger partial charge in [-0.3, -0.25) is 4.79 Å². The second-order valence-electron chi connectivity index (χ2n) is 6.19. The first kappa shape index (κ1) is 15.8. The summed E-state index contributed by atoms with van der Waals surface area (Å²) >= 11 is 0. The van der Waals surface area contributed by atoms with Crippen LogP contribution in [0.3, 0.4) is 0 Å². The molecule has 1 heterocycles. The van der Waals surface area contributed by atoms with Gasteiger partial charge in [0.05, 0.1) is 30.4 Å². The maximum atomic E-state index is 12.8. The zero-order valence-electron chi connectivity index (χ0n) is 13.4. The van der Waals surface area contributed by atoms with Crippen molar-refractivity contribution in [1.82, 2.24) is 4.90 Å². The van der Waals surface area contributed by atoms with Crippen molar-refractivity contribution in [2.45, 2.75) is 50.9 Å². The van der Waals surface area contributed by atoms with Crippen LogP contribution in [0, 0.1) is 11.3 Å². The van der Waals surface area contributed by atoms with Crippen molar-refractivity contribution in [1.29, 1.82) is 5.26 Å².